The van der Waals surface area contributed by atoms with Gasteiger partial charge in [-0.3, -0.25) is 14.3 Å². The average Bonchev–Trinajstić information content (AvgIpc) is 3.38. The van der Waals surface area contributed by atoms with Crippen LogP contribution in [0.15, 0.2) is 58.7 Å². The predicted molar refractivity (Wildman–Crippen MR) is 125 cm³/mol. The lowest BCUT2D eigenvalue weighted by atomic mass is 10.1. The van der Waals surface area contributed by atoms with E-state index in [4.69, 9.17) is 0 Å². The number of benzene rings is 1. The minimum Gasteiger partial charge on any atom is -0.270 e. The summed E-state index contributed by atoms with van der Waals surface area (Å²) in [4.78, 5) is 21.7. The highest BCUT2D eigenvalue weighted by atomic mass is 32.2. The van der Waals surface area contributed by atoms with Crippen LogP contribution in [0.25, 0.3) is 22.0 Å². The minimum absolute atomic E-state index is 0.178. The number of thioether (sulfide) groups is 1. The van der Waals surface area contributed by atoms with E-state index in [0.717, 1.165) is 27.2 Å². The highest BCUT2D eigenvalue weighted by molar-refractivity contribution is 7.98. The first-order valence-electron chi connectivity index (χ1n) is 9.92. The Balaban J connectivity index is 1.54. The summed E-state index contributed by atoms with van der Waals surface area (Å²) < 4.78 is 3.38. The van der Waals surface area contributed by atoms with Crippen LogP contribution in [0.3, 0.4) is 0 Å². The molecule has 0 saturated carbocycles. The third kappa shape index (κ3) is 3.82. The van der Waals surface area contributed by atoms with E-state index in [1.807, 2.05) is 23.6 Å². The zero-order valence-corrected chi connectivity index (χ0v) is 19.3. The van der Waals surface area contributed by atoms with Crippen LogP contribution in [0.4, 0.5) is 0 Å². The lowest BCUT2D eigenvalue weighted by molar-refractivity contribution is 0.868. The maximum Gasteiger partial charge on any atom is 0.275 e. The number of aromatic nitrogens is 7. The Morgan fingerprint density at radius 1 is 1.00 bits per heavy atom. The van der Waals surface area contributed by atoms with Crippen LogP contribution in [0.5, 0.6) is 0 Å². The molecule has 0 radical (unpaired) electrons. The summed E-state index contributed by atoms with van der Waals surface area (Å²) in [6.45, 7) is 6.04. The summed E-state index contributed by atoms with van der Waals surface area (Å²) in [5.41, 5.74) is 4.82. The van der Waals surface area contributed by atoms with Gasteiger partial charge in [0.2, 0.25) is 4.96 Å². The largest absolute Gasteiger partial charge is 0.275 e. The SMILES string of the molecule is Cc1nn2c(=O)cc(CSc3nnc(-c4ccncc4)n3-c3ccc(C)c(C)c3)nc2s1. The van der Waals surface area contributed by atoms with Gasteiger partial charge in [-0.05, 0) is 56.2 Å². The van der Waals surface area contributed by atoms with Crippen molar-refractivity contribution in [1.82, 2.24) is 34.3 Å². The van der Waals surface area contributed by atoms with E-state index in [0.29, 0.717) is 16.4 Å². The van der Waals surface area contributed by atoms with Gasteiger partial charge in [-0.2, -0.15) is 9.61 Å². The molecular formula is C22H19N7OS2. The quantitative estimate of drug-likeness (QED) is 0.365. The molecule has 0 aliphatic carbocycles. The van der Waals surface area contributed by atoms with Gasteiger partial charge >= 0.3 is 0 Å². The zero-order valence-electron chi connectivity index (χ0n) is 17.7. The molecular weight excluding hydrogens is 442 g/mol. The molecule has 0 aliphatic rings. The van der Waals surface area contributed by atoms with Crippen LogP contribution in [0.2, 0.25) is 0 Å². The molecule has 0 amide bonds. The van der Waals surface area contributed by atoms with Crippen molar-refractivity contribution in [1.29, 1.82) is 0 Å². The van der Waals surface area contributed by atoms with Gasteiger partial charge in [0.1, 0.15) is 5.01 Å². The fourth-order valence-electron chi connectivity index (χ4n) is 3.31. The highest BCUT2D eigenvalue weighted by Crippen LogP contribution is 2.30. The number of nitrogens with zero attached hydrogens (tertiary/aromatic N) is 7. The second-order valence-corrected chi connectivity index (χ2v) is 9.44. The van der Waals surface area contributed by atoms with Gasteiger partial charge in [0, 0.05) is 29.8 Å². The van der Waals surface area contributed by atoms with E-state index in [-0.39, 0.29) is 5.56 Å². The Kier molecular flexibility index (Phi) is 5.32. The maximum absolute atomic E-state index is 12.4. The summed E-state index contributed by atoms with van der Waals surface area (Å²) in [5.74, 6) is 1.22. The number of hydrogen-bond donors (Lipinski definition) is 0. The first kappa shape index (κ1) is 20.5. The zero-order chi connectivity index (χ0) is 22.2. The molecule has 8 nitrogen and oxygen atoms in total. The highest BCUT2D eigenvalue weighted by Gasteiger charge is 2.17. The number of fused-ring (bicyclic) bond motifs is 1. The summed E-state index contributed by atoms with van der Waals surface area (Å²) in [6, 6.07) is 11.6. The molecule has 0 bridgehead atoms. The van der Waals surface area contributed by atoms with Gasteiger partial charge in [-0.15, -0.1) is 10.2 Å². The van der Waals surface area contributed by atoms with Crippen molar-refractivity contribution >= 4 is 28.1 Å². The van der Waals surface area contributed by atoms with Crippen molar-refractivity contribution in [3.63, 3.8) is 0 Å². The van der Waals surface area contributed by atoms with E-state index in [1.54, 1.807) is 12.4 Å². The number of rotatable bonds is 5. The number of aryl methyl sites for hydroxylation is 3. The molecule has 0 unspecified atom stereocenters. The lowest BCUT2D eigenvalue weighted by Gasteiger charge is -2.12. The smallest absolute Gasteiger partial charge is 0.270 e. The van der Waals surface area contributed by atoms with Crippen LogP contribution in [0.1, 0.15) is 21.8 Å². The van der Waals surface area contributed by atoms with E-state index >= 15 is 0 Å². The Morgan fingerprint density at radius 2 is 1.81 bits per heavy atom. The molecule has 10 heteroatoms. The van der Waals surface area contributed by atoms with Gasteiger partial charge in [-0.25, -0.2) is 4.98 Å². The summed E-state index contributed by atoms with van der Waals surface area (Å²) in [7, 11) is 0. The molecule has 0 saturated heterocycles. The third-order valence-electron chi connectivity index (χ3n) is 5.07. The topological polar surface area (TPSA) is 90.9 Å². The van der Waals surface area contributed by atoms with E-state index < -0.39 is 0 Å². The van der Waals surface area contributed by atoms with Crippen molar-refractivity contribution in [3.8, 4) is 17.1 Å². The van der Waals surface area contributed by atoms with Crippen LogP contribution in [0, 0.1) is 20.8 Å². The monoisotopic (exact) mass is 461 g/mol. The Hall–Kier alpha value is -3.37. The molecule has 32 heavy (non-hydrogen) atoms. The third-order valence-corrected chi connectivity index (χ3v) is 6.86. The van der Waals surface area contributed by atoms with Gasteiger partial charge in [0.25, 0.3) is 5.56 Å². The summed E-state index contributed by atoms with van der Waals surface area (Å²) in [6.07, 6.45) is 3.48. The Bertz CT molecular complexity index is 1490. The molecule has 1 aromatic carbocycles. The number of hydrogen-bond acceptors (Lipinski definition) is 8. The predicted octanol–water partition coefficient (Wildman–Crippen LogP) is 4.01. The molecule has 4 heterocycles. The second-order valence-electron chi connectivity index (χ2n) is 7.34. The summed E-state index contributed by atoms with van der Waals surface area (Å²) in [5, 5.41) is 14.7. The van der Waals surface area contributed by atoms with Crippen molar-refractivity contribution in [3.05, 3.63) is 81.0 Å². The van der Waals surface area contributed by atoms with Crippen LogP contribution in [-0.4, -0.2) is 34.3 Å². The standard InChI is InChI=1S/C22H19N7OS2/c1-13-4-5-18(10-14(13)2)28-20(16-6-8-23-9-7-16)25-26-22(28)31-12-17-11-19(30)29-21(24-17)32-15(3)27-29/h4-11H,12H2,1-3H3. The first-order chi connectivity index (χ1) is 15.5. The van der Waals surface area contributed by atoms with Crippen LogP contribution in [-0.2, 0) is 5.75 Å². The summed E-state index contributed by atoms with van der Waals surface area (Å²) >= 11 is 2.89. The van der Waals surface area contributed by atoms with Crippen molar-refractivity contribution in [2.75, 3.05) is 0 Å². The second kappa shape index (κ2) is 8.29. The van der Waals surface area contributed by atoms with E-state index in [2.05, 4.69) is 57.3 Å². The van der Waals surface area contributed by atoms with Crippen LogP contribution >= 0.6 is 23.1 Å². The maximum atomic E-state index is 12.4. The molecule has 0 atom stereocenters. The molecule has 0 N–H and O–H groups in total. The molecule has 0 fully saturated rings. The van der Waals surface area contributed by atoms with Crippen molar-refractivity contribution in [2.45, 2.75) is 31.7 Å². The normalized spacial score (nSPS) is 11.3. The lowest BCUT2D eigenvalue weighted by Crippen LogP contribution is -2.15. The molecule has 5 rings (SSSR count). The van der Waals surface area contributed by atoms with Gasteiger partial charge in [0.15, 0.2) is 11.0 Å². The van der Waals surface area contributed by atoms with E-state index in [1.165, 1.54) is 44.8 Å². The van der Waals surface area contributed by atoms with Gasteiger partial charge < -0.3 is 0 Å². The number of pyridine rings is 1. The van der Waals surface area contributed by atoms with Gasteiger partial charge in [-0.1, -0.05) is 29.2 Å². The Labute approximate surface area is 192 Å². The molecule has 4 aromatic heterocycles. The minimum atomic E-state index is -0.178. The fourth-order valence-corrected chi connectivity index (χ4v) is 4.92. The van der Waals surface area contributed by atoms with Crippen molar-refractivity contribution < 1.29 is 0 Å². The molecule has 160 valence electrons. The Morgan fingerprint density at radius 3 is 2.59 bits per heavy atom. The molecule has 0 spiro atoms. The van der Waals surface area contributed by atoms with Gasteiger partial charge in [0.05, 0.1) is 11.4 Å². The molecule has 0 aliphatic heterocycles. The molecule has 5 aromatic rings. The van der Waals surface area contributed by atoms with Crippen molar-refractivity contribution in [2.24, 2.45) is 0 Å². The average molecular weight is 462 g/mol. The first-order valence-corrected chi connectivity index (χ1v) is 11.7. The van der Waals surface area contributed by atoms with Crippen LogP contribution < -0.4 is 5.56 Å². The van der Waals surface area contributed by atoms with E-state index in [9.17, 15) is 4.79 Å². The fraction of sp³-hybridized carbons (Fsp3) is 0.182.